The molecule has 7 heteroatoms. The lowest BCUT2D eigenvalue weighted by Gasteiger charge is -2.20. The number of carbonyl (C=O) groups is 2. The number of amides is 2. The van der Waals surface area contributed by atoms with E-state index in [1.54, 1.807) is 23.5 Å². The fraction of sp³-hybridized carbons (Fsp3) is 0.148. The van der Waals surface area contributed by atoms with Crippen molar-refractivity contribution in [3.05, 3.63) is 100 Å². The number of rotatable bonds is 8. The molecular formula is C27H25N3O3S. The Kier molecular flexibility index (Phi) is 7.34. The van der Waals surface area contributed by atoms with Gasteiger partial charge in [-0.05, 0) is 36.2 Å². The molecule has 3 aromatic carbocycles. The maximum Gasteiger partial charge on any atom is 0.258 e. The maximum absolute atomic E-state index is 12.9. The molecule has 2 N–H and O–H groups in total. The second-order valence-corrected chi connectivity index (χ2v) is 8.82. The van der Waals surface area contributed by atoms with Gasteiger partial charge in [0.05, 0.1) is 22.4 Å². The standard InChI is InChI=1S/C27H25N3O3S/c1-18(31)28-23-15-22(24-17-34-19(2)29-24)13-14-25(23)33-16-26(32)30-27(20-9-5-3-6-10-20)21-11-7-4-8-12-21/h3-15,17,27H,16H2,1-2H3,(H,28,31)(H,30,32). The lowest BCUT2D eigenvalue weighted by atomic mass is 9.99. The first-order valence-electron chi connectivity index (χ1n) is 10.9. The number of hydrogen-bond acceptors (Lipinski definition) is 5. The second kappa shape index (κ2) is 10.8. The third-order valence-electron chi connectivity index (χ3n) is 5.13. The molecular weight excluding hydrogens is 446 g/mol. The minimum absolute atomic E-state index is 0.197. The molecule has 0 saturated heterocycles. The molecule has 0 aliphatic heterocycles. The predicted octanol–water partition coefficient (Wildman–Crippen LogP) is 5.36. The van der Waals surface area contributed by atoms with Gasteiger partial charge < -0.3 is 15.4 Å². The summed E-state index contributed by atoms with van der Waals surface area (Å²) in [6.45, 7) is 3.18. The number of benzene rings is 3. The summed E-state index contributed by atoms with van der Waals surface area (Å²) in [4.78, 5) is 29.1. The third-order valence-corrected chi connectivity index (χ3v) is 5.91. The molecule has 0 atom stereocenters. The molecule has 0 fully saturated rings. The summed E-state index contributed by atoms with van der Waals surface area (Å²) >= 11 is 1.56. The van der Waals surface area contributed by atoms with Gasteiger partial charge in [0.1, 0.15) is 5.75 Å². The van der Waals surface area contributed by atoms with Crippen LogP contribution in [0, 0.1) is 6.92 Å². The van der Waals surface area contributed by atoms with Crippen LogP contribution in [0.3, 0.4) is 0 Å². The highest BCUT2D eigenvalue weighted by Gasteiger charge is 2.18. The van der Waals surface area contributed by atoms with Crippen molar-refractivity contribution in [1.82, 2.24) is 10.3 Å². The van der Waals surface area contributed by atoms with Crippen LogP contribution in [-0.4, -0.2) is 23.4 Å². The summed E-state index contributed by atoms with van der Waals surface area (Å²) in [6.07, 6.45) is 0. The van der Waals surface area contributed by atoms with Crippen LogP contribution in [0.1, 0.15) is 29.1 Å². The number of thiazole rings is 1. The molecule has 2 amide bonds. The number of anilines is 1. The normalized spacial score (nSPS) is 10.7. The molecule has 4 rings (SSSR count). The first kappa shape index (κ1) is 23.2. The van der Waals surface area contributed by atoms with E-state index in [9.17, 15) is 9.59 Å². The molecule has 0 unspecified atom stereocenters. The minimum atomic E-state index is -0.302. The molecule has 1 heterocycles. The van der Waals surface area contributed by atoms with Crippen molar-refractivity contribution in [1.29, 1.82) is 0 Å². The molecule has 6 nitrogen and oxygen atoms in total. The summed E-state index contributed by atoms with van der Waals surface area (Å²) in [6, 6.07) is 24.7. The minimum Gasteiger partial charge on any atom is -0.482 e. The molecule has 0 aliphatic rings. The fourth-order valence-electron chi connectivity index (χ4n) is 3.59. The van der Waals surface area contributed by atoms with Crippen molar-refractivity contribution in [3.8, 4) is 17.0 Å². The predicted molar refractivity (Wildman–Crippen MR) is 135 cm³/mol. The van der Waals surface area contributed by atoms with Gasteiger partial charge in [-0.15, -0.1) is 11.3 Å². The van der Waals surface area contributed by atoms with Crippen molar-refractivity contribution in [2.45, 2.75) is 19.9 Å². The lowest BCUT2D eigenvalue weighted by molar-refractivity contribution is -0.123. The van der Waals surface area contributed by atoms with Crippen LogP contribution in [0.2, 0.25) is 0 Å². The smallest absolute Gasteiger partial charge is 0.258 e. The quantitative estimate of drug-likeness (QED) is 0.362. The van der Waals surface area contributed by atoms with Crippen molar-refractivity contribution in [2.75, 3.05) is 11.9 Å². The van der Waals surface area contributed by atoms with Gasteiger partial charge in [0, 0.05) is 17.9 Å². The van der Waals surface area contributed by atoms with Gasteiger partial charge in [-0.1, -0.05) is 60.7 Å². The number of aromatic nitrogens is 1. The lowest BCUT2D eigenvalue weighted by Crippen LogP contribution is -2.33. The summed E-state index contributed by atoms with van der Waals surface area (Å²) in [5.41, 5.74) is 4.13. The van der Waals surface area contributed by atoms with E-state index in [0.717, 1.165) is 27.4 Å². The number of ether oxygens (including phenoxy) is 1. The van der Waals surface area contributed by atoms with Crippen LogP contribution in [0.5, 0.6) is 5.75 Å². The molecule has 0 bridgehead atoms. The van der Waals surface area contributed by atoms with E-state index in [1.165, 1.54) is 6.92 Å². The fourth-order valence-corrected chi connectivity index (χ4v) is 4.22. The maximum atomic E-state index is 12.9. The van der Waals surface area contributed by atoms with E-state index in [0.29, 0.717) is 11.4 Å². The van der Waals surface area contributed by atoms with E-state index in [2.05, 4.69) is 15.6 Å². The SMILES string of the molecule is CC(=O)Nc1cc(-c2csc(C)n2)ccc1OCC(=O)NC(c1ccccc1)c1ccccc1. The van der Waals surface area contributed by atoms with Gasteiger partial charge >= 0.3 is 0 Å². The number of nitrogens with zero attached hydrogens (tertiary/aromatic N) is 1. The van der Waals surface area contributed by atoms with Gasteiger partial charge in [0.15, 0.2) is 6.61 Å². The van der Waals surface area contributed by atoms with Crippen LogP contribution < -0.4 is 15.4 Å². The number of aryl methyl sites for hydroxylation is 1. The van der Waals surface area contributed by atoms with Crippen molar-refractivity contribution < 1.29 is 14.3 Å². The van der Waals surface area contributed by atoms with E-state index < -0.39 is 0 Å². The number of carbonyl (C=O) groups excluding carboxylic acids is 2. The average molecular weight is 472 g/mol. The Morgan fingerprint density at radius 2 is 1.62 bits per heavy atom. The number of hydrogen-bond donors (Lipinski definition) is 2. The average Bonchev–Trinajstić information content (AvgIpc) is 3.28. The third kappa shape index (κ3) is 5.88. The molecule has 0 aliphatic carbocycles. The van der Waals surface area contributed by atoms with Crippen LogP contribution >= 0.6 is 11.3 Å². The summed E-state index contributed by atoms with van der Waals surface area (Å²) in [5.74, 6) is -0.0863. The molecule has 172 valence electrons. The summed E-state index contributed by atoms with van der Waals surface area (Å²) < 4.78 is 5.82. The Morgan fingerprint density at radius 3 is 2.18 bits per heavy atom. The molecule has 4 aromatic rings. The van der Waals surface area contributed by atoms with E-state index >= 15 is 0 Å². The van der Waals surface area contributed by atoms with Gasteiger partial charge in [-0.3, -0.25) is 9.59 Å². The van der Waals surface area contributed by atoms with Crippen LogP contribution in [0.15, 0.2) is 84.2 Å². The number of nitrogens with one attached hydrogen (secondary N) is 2. The van der Waals surface area contributed by atoms with Gasteiger partial charge in [0.2, 0.25) is 5.91 Å². The molecule has 34 heavy (non-hydrogen) atoms. The van der Waals surface area contributed by atoms with Crippen molar-refractivity contribution in [3.63, 3.8) is 0 Å². The largest absolute Gasteiger partial charge is 0.482 e. The topological polar surface area (TPSA) is 80.3 Å². The monoisotopic (exact) mass is 471 g/mol. The zero-order valence-corrected chi connectivity index (χ0v) is 19.8. The van der Waals surface area contributed by atoms with Crippen LogP contribution in [-0.2, 0) is 9.59 Å². The zero-order valence-electron chi connectivity index (χ0n) is 18.9. The molecule has 0 saturated carbocycles. The van der Waals surface area contributed by atoms with Gasteiger partial charge in [-0.25, -0.2) is 4.98 Å². The Hall–Kier alpha value is -3.97. The van der Waals surface area contributed by atoms with Crippen LogP contribution in [0.25, 0.3) is 11.3 Å². The van der Waals surface area contributed by atoms with E-state index in [4.69, 9.17) is 4.74 Å². The Bertz CT molecular complexity index is 1230. The summed E-state index contributed by atoms with van der Waals surface area (Å²) in [7, 11) is 0. The molecule has 0 radical (unpaired) electrons. The first-order chi connectivity index (χ1) is 16.5. The first-order valence-corrected chi connectivity index (χ1v) is 11.7. The Morgan fingerprint density at radius 1 is 0.971 bits per heavy atom. The van der Waals surface area contributed by atoms with E-state index in [-0.39, 0.29) is 24.5 Å². The Balaban J connectivity index is 1.50. The molecule has 0 spiro atoms. The van der Waals surface area contributed by atoms with E-state index in [1.807, 2.05) is 79.0 Å². The Labute approximate surface area is 202 Å². The summed E-state index contributed by atoms with van der Waals surface area (Å²) in [5, 5.41) is 8.77. The van der Waals surface area contributed by atoms with Gasteiger partial charge in [-0.2, -0.15) is 0 Å². The van der Waals surface area contributed by atoms with Crippen molar-refractivity contribution >= 4 is 28.8 Å². The zero-order chi connectivity index (χ0) is 23.9. The second-order valence-electron chi connectivity index (χ2n) is 7.75. The van der Waals surface area contributed by atoms with Crippen LogP contribution in [0.4, 0.5) is 5.69 Å². The highest BCUT2D eigenvalue weighted by atomic mass is 32.1. The molecule has 1 aromatic heterocycles. The van der Waals surface area contributed by atoms with Crippen molar-refractivity contribution in [2.24, 2.45) is 0 Å². The van der Waals surface area contributed by atoms with Gasteiger partial charge in [0.25, 0.3) is 5.91 Å². The highest BCUT2D eigenvalue weighted by molar-refractivity contribution is 7.09. The highest BCUT2D eigenvalue weighted by Crippen LogP contribution is 2.31.